The summed E-state index contributed by atoms with van der Waals surface area (Å²) in [5.41, 5.74) is 2.25. The molecular weight excluding hydrogens is 404 g/mol. The molecule has 0 saturated carbocycles. The van der Waals surface area contributed by atoms with E-state index in [-0.39, 0.29) is 10.1 Å². The maximum absolute atomic E-state index is 12.7. The molecule has 0 saturated heterocycles. The summed E-state index contributed by atoms with van der Waals surface area (Å²) in [7, 11) is -3.70. The Morgan fingerprint density at radius 2 is 1.89 bits per heavy atom. The molecule has 0 bridgehead atoms. The van der Waals surface area contributed by atoms with Gasteiger partial charge in [0, 0.05) is 0 Å². The Morgan fingerprint density at radius 3 is 2.48 bits per heavy atom. The van der Waals surface area contributed by atoms with Crippen molar-refractivity contribution in [2.45, 2.75) is 37.6 Å². The highest BCUT2D eigenvalue weighted by molar-refractivity contribution is 7.91. The molecule has 0 aliphatic rings. The highest BCUT2D eigenvalue weighted by atomic mass is 35.5. The Labute approximate surface area is 168 Å². The molecular formula is C18H21ClN4O2S2. The Bertz CT molecular complexity index is 1010. The molecule has 0 aliphatic heterocycles. The Hall–Kier alpha value is -1.74. The van der Waals surface area contributed by atoms with Crippen molar-refractivity contribution in [1.82, 2.24) is 19.5 Å². The van der Waals surface area contributed by atoms with Crippen molar-refractivity contribution in [3.05, 3.63) is 64.0 Å². The summed E-state index contributed by atoms with van der Waals surface area (Å²) < 4.78 is 30.6. The summed E-state index contributed by atoms with van der Waals surface area (Å²) >= 11 is 6.92. The van der Waals surface area contributed by atoms with Crippen molar-refractivity contribution in [2.75, 3.05) is 0 Å². The third-order valence-electron chi connectivity index (χ3n) is 4.14. The van der Waals surface area contributed by atoms with Gasteiger partial charge in [0.25, 0.3) is 10.0 Å². The van der Waals surface area contributed by atoms with Crippen LogP contribution in [0.5, 0.6) is 0 Å². The van der Waals surface area contributed by atoms with Gasteiger partial charge in [-0.3, -0.25) is 0 Å². The minimum atomic E-state index is -3.70. The first kappa shape index (κ1) is 20.0. The Morgan fingerprint density at radius 1 is 1.19 bits per heavy atom. The molecule has 0 fully saturated rings. The molecule has 2 aromatic heterocycles. The first-order valence-electron chi connectivity index (χ1n) is 8.47. The van der Waals surface area contributed by atoms with Crippen LogP contribution >= 0.6 is 22.9 Å². The molecule has 27 heavy (non-hydrogen) atoms. The molecule has 0 amide bonds. The molecule has 3 aromatic rings. The normalized spacial score (nSPS) is 13.2. The van der Waals surface area contributed by atoms with Crippen LogP contribution in [0, 0.1) is 12.8 Å². The van der Waals surface area contributed by atoms with E-state index in [2.05, 4.69) is 14.8 Å². The maximum atomic E-state index is 12.7. The van der Waals surface area contributed by atoms with E-state index in [0.717, 1.165) is 16.9 Å². The lowest BCUT2D eigenvalue weighted by molar-refractivity contribution is 0.423. The summed E-state index contributed by atoms with van der Waals surface area (Å²) in [5, 5.41) is 4.30. The molecule has 0 spiro atoms. The van der Waals surface area contributed by atoms with E-state index >= 15 is 0 Å². The lowest BCUT2D eigenvalue weighted by atomic mass is 10.0. The number of aromatic nitrogens is 3. The number of aryl methyl sites for hydroxylation is 1. The summed E-state index contributed by atoms with van der Waals surface area (Å²) in [6.07, 6.45) is 1.45. The number of rotatable bonds is 7. The summed E-state index contributed by atoms with van der Waals surface area (Å²) in [5.74, 6) is 0.563. The molecule has 1 N–H and O–H groups in total. The average molecular weight is 425 g/mol. The van der Waals surface area contributed by atoms with Crippen LogP contribution < -0.4 is 4.72 Å². The van der Waals surface area contributed by atoms with Gasteiger partial charge in [-0.2, -0.15) is 9.82 Å². The number of benzene rings is 1. The molecule has 0 aliphatic carbocycles. The van der Waals surface area contributed by atoms with Crippen LogP contribution in [-0.2, 0) is 16.6 Å². The zero-order valence-electron chi connectivity index (χ0n) is 15.3. The number of sulfonamides is 1. The van der Waals surface area contributed by atoms with Gasteiger partial charge in [0.15, 0.2) is 0 Å². The van der Waals surface area contributed by atoms with Crippen molar-refractivity contribution >= 4 is 33.0 Å². The Kier molecular flexibility index (Phi) is 6.00. The van der Waals surface area contributed by atoms with Crippen LogP contribution in [0.2, 0.25) is 4.34 Å². The average Bonchev–Trinajstić information content (AvgIpc) is 3.24. The number of hydrogen-bond acceptors (Lipinski definition) is 5. The summed E-state index contributed by atoms with van der Waals surface area (Å²) in [4.78, 5) is 4.34. The maximum Gasteiger partial charge on any atom is 0.250 e. The van der Waals surface area contributed by atoms with Gasteiger partial charge >= 0.3 is 0 Å². The summed E-state index contributed by atoms with van der Waals surface area (Å²) in [6, 6.07) is 10.7. The fourth-order valence-corrected chi connectivity index (χ4v) is 5.50. The second kappa shape index (κ2) is 8.10. The SMILES string of the molecule is Cc1ccc(Cn2ncnc2C(NS(=O)(=O)c2ccc(Cl)s2)C(C)C)cc1. The van der Waals surface area contributed by atoms with Crippen molar-refractivity contribution in [3.63, 3.8) is 0 Å². The van der Waals surface area contributed by atoms with Gasteiger partial charge in [-0.25, -0.2) is 18.1 Å². The Balaban J connectivity index is 1.88. The van der Waals surface area contributed by atoms with Crippen LogP contribution in [-0.4, -0.2) is 23.2 Å². The molecule has 9 heteroatoms. The van der Waals surface area contributed by atoms with Crippen LogP contribution in [0.25, 0.3) is 0 Å². The first-order valence-corrected chi connectivity index (χ1v) is 11.1. The number of thiophene rings is 1. The molecule has 144 valence electrons. The lowest BCUT2D eigenvalue weighted by Gasteiger charge is -2.22. The topological polar surface area (TPSA) is 76.9 Å². The van der Waals surface area contributed by atoms with Crippen LogP contribution in [0.15, 0.2) is 46.9 Å². The van der Waals surface area contributed by atoms with E-state index in [0.29, 0.717) is 16.7 Å². The molecule has 1 atom stereocenters. The quantitative estimate of drug-likeness (QED) is 0.621. The monoisotopic (exact) mass is 424 g/mol. The predicted octanol–water partition coefficient (Wildman–Crippen LogP) is 4.03. The second-order valence-electron chi connectivity index (χ2n) is 6.66. The number of halogens is 1. The predicted molar refractivity (Wildman–Crippen MR) is 108 cm³/mol. The number of nitrogens with zero attached hydrogens (tertiary/aromatic N) is 3. The van der Waals surface area contributed by atoms with Gasteiger partial charge in [0.1, 0.15) is 16.4 Å². The van der Waals surface area contributed by atoms with Gasteiger partial charge in [0.2, 0.25) is 0 Å². The van der Waals surface area contributed by atoms with Crippen molar-refractivity contribution in [2.24, 2.45) is 5.92 Å². The van der Waals surface area contributed by atoms with Gasteiger partial charge in [-0.15, -0.1) is 11.3 Å². The van der Waals surface area contributed by atoms with Gasteiger partial charge < -0.3 is 0 Å². The van der Waals surface area contributed by atoms with Crippen LogP contribution in [0.4, 0.5) is 0 Å². The van der Waals surface area contributed by atoms with Crippen molar-refractivity contribution < 1.29 is 8.42 Å². The second-order valence-corrected chi connectivity index (χ2v) is 10.3. The minimum absolute atomic E-state index is 0.0174. The molecule has 1 unspecified atom stereocenters. The van der Waals surface area contributed by atoms with Gasteiger partial charge in [-0.05, 0) is 30.5 Å². The van der Waals surface area contributed by atoms with E-state index in [1.807, 2.05) is 45.0 Å². The minimum Gasteiger partial charge on any atom is -0.244 e. The van der Waals surface area contributed by atoms with Gasteiger partial charge in [-0.1, -0.05) is 55.3 Å². The molecule has 6 nitrogen and oxygen atoms in total. The fraction of sp³-hybridized carbons (Fsp3) is 0.333. The number of hydrogen-bond donors (Lipinski definition) is 1. The lowest BCUT2D eigenvalue weighted by Crippen LogP contribution is -2.33. The van der Waals surface area contributed by atoms with E-state index in [9.17, 15) is 8.42 Å². The van der Waals surface area contributed by atoms with E-state index in [1.54, 1.807) is 10.7 Å². The molecule has 1 aromatic carbocycles. The standard InChI is InChI=1S/C18H21ClN4O2S2/c1-12(2)17(22-27(24,25)16-9-8-15(19)26-16)18-20-11-21-23(18)10-14-6-4-13(3)5-7-14/h4-9,11-12,17,22H,10H2,1-3H3. The van der Waals surface area contributed by atoms with Crippen LogP contribution in [0.3, 0.4) is 0 Å². The smallest absolute Gasteiger partial charge is 0.244 e. The van der Waals surface area contributed by atoms with Crippen LogP contribution in [0.1, 0.15) is 36.8 Å². The van der Waals surface area contributed by atoms with E-state index in [4.69, 9.17) is 11.6 Å². The van der Waals surface area contributed by atoms with Crippen molar-refractivity contribution in [1.29, 1.82) is 0 Å². The third-order valence-corrected chi connectivity index (χ3v) is 7.30. The van der Waals surface area contributed by atoms with Crippen molar-refractivity contribution in [3.8, 4) is 0 Å². The van der Waals surface area contributed by atoms with Gasteiger partial charge in [0.05, 0.1) is 16.9 Å². The molecule has 2 heterocycles. The zero-order chi connectivity index (χ0) is 19.6. The highest BCUT2D eigenvalue weighted by Crippen LogP contribution is 2.28. The third kappa shape index (κ3) is 4.76. The van der Waals surface area contributed by atoms with E-state index < -0.39 is 16.1 Å². The van der Waals surface area contributed by atoms with E-state index in [1.165, 1.54) is 18.0 Å². The fourth-order valence-electron chi connectivity index (χ4n) is 2.66. The number of nitrogens with one attached hydrogen (secondary N) is 1. The largest absolute Gasteiger partial charge is 0.250 e. The zero-order valence-corrected chi connectivity index (χ0v) is 17.6. The summed E-state index contributed by atoms with van der Waals surface area (Å²) in [6.45, 7) is 6.44. The molecule has 0 radical (unpaired) electrons. The highest BCUT2D eigenvalue weighted by Gasteiger charge is 2.28. The first-order chi connectivity index (χ1) is 12.8. The molecule has 3 rings (SSSR count).